The molecule has 6 heterocycles. The number of aromatic amines is 2. The molecule has 2 aliphatic rings. The number of allylic oxidation sites excluding steroid dienone is 1. The van der Waals surface area contributed by atoms with Crippen LogP contribution in [0.4, 0.5) is 17.6 Å². The van der Waals surface area contributed by atoms with E-state index in [4.69, 9.17) is 4.98 Å². The quantitative estimate of drug-likeness (QED) is 0.242. The van der Waals surface area contributed by atoms with Gasteiger partial charge >= 0.3 is 0 Å². The smallest absolute Gasteiger partial charge is 0.261 e. The minimum absolute atomic E-state index is 0.165. The second-order valence-corrected chi connectivity index (χ2v) is 11.0. The van der Waals surface area contributed by atoms with Crippen molar-refractivity contribution < 1.29 is 17.6 Å². The third-order valence-corrected chi connectivity index (χ3v) is 8.23. The van der Waals surface area contributed by atoms with Gasteiger partial charge in [0.05, 0.1) is 33.9 Å². The van der Waals surface area contributed by atoms with Crippen molar-refractivity contribution in [2.24, 2.45) is 0 Å². The summed E-state index contributed by atoms with van der Waals surface area (Å²) in [5.41, 5.74) is 4.31. The number of alkyl halides is 2. The number of thioether (sulfide) groups is 1. The van der Waals surface area contributed by atoms with Crippen molar-refractivity contribution in [1.82, 2.24) is 35.0 Å². The van der Waals surface area contributed by atoms with E-state index in [9.17, 15) is 13.2 Å². The Kier molecular flexibility index (Phi) is 5.70. The molecule has 0 radical (unpaired) electrons. The number of H-pyrrole nitrogens is 2. The zero-order chi connectivity index (χ0) is 26.7. The number of pyridine rings is 2. The zero-order valence-corrected chi connectivity index (χ0v) is 21.2. The molecular formula is C27H21F4N7S. The molecule has 0 aliphatic carbocycles. The highest BCUT2D eigenvalue weighted by molar-refractivity contribution is 8.03. The molecule has 1 fully saturated rings. The maximum absolute atomic E-state index is 16.1. The molecule has 1 unspecified atom stereocenters. The standard InChI is InChI=1S/C27H21F4N7S/c28-20-4-3-19(39-20)24-23-18(5-7-33-24)34-26(35-23)25-21-17(36-37-25)2-1-16(22(21)29)15-9-14(10-32-11-15)12-38-8-6-27(30,31)13-38/h1-2,4-5,7,9-11,19H,3,6,8,12-13H2,(H,34,35)(H,36,37). The predicted octanol–water partition coefficient (Wildman–Crippen LogP) is 6.53. The molecule has 12 heteroatoms. The highest BCUT2D eigenvalue weighted by Gasteiger charge is 2.38. The maximum Gasteiger partial charge on any atom is 0.261 e. The molecule has 2 aliphatic heterocycles. The van der Waals surface area contributed by atoms with E-state index in [1.165, 1.54) is 6.08 Å². The van der Waals surface area contributed by atoms with Crippen molar-refractivity contribution >= 4 is 33.7 Å². The van der Waals surface area contributed by atoms with Crippen LogP contribution < -0.4 is 0 Å². The van der Waals surface area contributed by atoms with E-state index in [0.717, 1.165) is 17.3 Å². The van der Waals surface area contributed by atoms with E-state index >= 15 is 4.39 Å². The Balaban J connectivity index is 1.25. The van der Waals surface area contributed by atoms with Gasteiger partial charge in [-0.15, -0.1) is 0 Å². The summed E-state index contributed by atoms with van der Waals surface area (Å²) in [5.74, 6) is -2.82. The fourth-order valence-corrected chi connectivity index (χ4v) is 6.23. The molecule has 0 saturated carbocycles. The van der Waals surface area contributed by atoms with Crippen LogP contribution in [0.15, 0.2) is 54.1 Å². The van der Waals surface area contributed by atoms with Crippen molar-refractivity contribution in [1.29, 1.82) is 0 Å². The van der Waals surface area contributed by atoms with E-state index in [0.29, 0.717) is 64.4 Å². The van der Waals surface area contributed by atoms with Gasteiger partial charge in [-0.05, 0) is 42.3 Å². The van der Waals surface area contributed by atoms with Gasteiger partial charge in [0, 0.05) is 49.2 Å². The number of halogens is 4. The van der Waals surface area contributed by atoms with E-state index in [2.05, 4.69) is 25.1 Å². The van der Waals surface area contributed by atoms with E-state index in [1.807, 2.05) is 0 Å². The van der Waals surface area contributed by atoms with Crippen LogP contribution in [-0.4, -0.2) is 54.0 Å². The predicted molar refractivity (Wildman–Crippen MR) is 141 cm³/mol. The summed E-state index contributed by atoms with van der Waals surface area (Å²) in [6.45, 7) is 0.316. The number of aromatic nitrogens is 6. The highest BCUT2D eigenvalue weighted by Crippen LogP contribution is 2.45. The molecule has 0 amide bonds. The molecule has 2 N–H and O–H groups in total. The number of hydrogen-bond acceptors (Lipinski definition) is 6. The number of fused-ring (bicyclic) bond motifs is 2. The third kappa shape index (κ3) is 4.37. The maximum atomic E-state index is 16.1. The van der Waals surface area contributed by atoms with Crippen molar-refractivity contribution in [3.8, 4) is 22.6 Å². The fourth-order valence-electron chi connectivity index (χ4n) is 5.29. The molecule has 1 atom stereocenters. The summed E-state index contributed by atoms with van der Waals surface area (Å²) in [6.07, 6.45) is 6.69. The van der Waals surface area contributed by atoms with Crippen LogP contribution in [0.1, 0.15) is 29.3 Å². The lowest BCUT2D eigenvalue weighted by atomic mass is 10.0. The summed E-state index contributed by atoms with van der Waals surface area (Å²) in [5, 5.41) is 7.06. The van der Waals surface area contributed by atoms with Gasteiger partial charge in [0.2, 0.25) is 0 Å². The number of likely N-dealkylation sites (tertiary alicyclic amines) is 1. The number of nitrogens with zero attached hydrogens (tertiary/aromatic N) is 5. The summed E-state index contributed by atoms with van der Waals surface area (Å²) in [6, 6.07) is 6.92. The average Bonchev–Trinajstić information content (AvgIpc) is 3.70. The van der Waals surface area contributed by atoms with E-state index < -0.39 is 11.7 Å². The summed E-state index contributed by atoms with van der Waals surface area (Å²) in [4.78, 5) is 18.3. The topological polar surface area (TPSA) is 86.4 Å². The lowest BCUT2D eigenvalue weighted by molar-refractivity contribution is 0.0115. The molecule has 0 spiro atoms. The number of benzene rings is 1. The van der Waals surface area contributed by atoms with Gasteiger partial charge in [-0.1, -0.05) is 11.8 Å². The van der Waals surface area contributed by atoms with Gasteiger partial charge in [-0.3, -0.25) is 20.0 Å². The van der Waals surface area contributed by atoms with E-state index in [1.54, 1.807) is 47.8 Å². The van der Waals surface area contributed by atoms with Crippen LogP contribution in [0.2, 0.25) is 0 Å². The SMILES string of the molecule is FC1=CCC(c2nccc3[nH]c(-c4n[nH]c5ccc(-c6cncc(CN7CCC(F)(F)C7)c6)c(F)c45)nc23)S1. The Morgan fingerprint density at radius 2 is 2.03 bits per heavy atom. The first-order valence-electron chi connectivity index (χ1n) is 12.4. The first kappa shape index (κ1) is 24.3. The molecule has 7 nitrogen and oxygen atoms in total. The van der Waals surface area contributed by atoms with Crippen LogP contribution in [0.3, 0.4) is 0 Å². The average molecular weight is 552 g/mol. The first-order valence-corrected chi connectivity index (χ1v) is 13.3. The largest absolute Gasteiger partial charge is 0.336 e. The van der Waals surface area contributed by atoms with Crippen LogP contribution in [-0.2, 0) is 6.54 Å². The molecule has 39 heavy (non-hydrogen) atoms. The molecule has 7 rings (SSSR count). The number of hydrogen-bond donors (Lipinski definition) is 2. The van der Waals surface area contributed by atoms with E-state index in [-0.39, 0.29) is 28.8 Å². The van der Waals surface area contributed by atoms with Gasteiger partial charge in [-0.2, -0.15) is 9.49 Å². The van der Waals surface area contributed by atoms with Crippen LogP contribution in [0, 0.1) is 5.82 Å². The van der Waals surface area contributed by atoms with Crippen LogP contribution in [0.25, 0.3) is 44.6 Å². The highest BCUT2D eigenvalue weighted by atomic mass is 32.2. The van der Waals surface area contributed by atoms with Crippen molar-refractivity contribution in [3.63, 3.8) is 0 Å². The van der Waals surface area contributed by atoms with Gasteiger partial charge in [-0.25, -0.2) is 18.2 Å². The van der Waals surface area contributed by atoms with Gasteiger partial charge < -0.3 is 4.98 Å². The van der Waals surface area contributed by atoms with Gasteiger partial charge in [0.15, 0.2) is 11.0 Å². The monoisotopic (exact) mass is 551 g/mol. The molecule has 0 bridgehead atoms. The molecule has 1 aromatic carbocycles. The normalized spacial score (nSPS) is 19.4. The Morgan fingerprint density at radius 1 is 1.13 bits per heavy atom. The minimum atomic E-state index is -2.68. The van der Waals surface area contributed by atoms with Gasteiger partial charge in [0.1, 0.15) is 17.0 Å². The van der Waals surface area contributed by atoms with Crippen LogP contribution >= 0.6 is 11.8 Å². The molecule has 198 valence electrons. The summed E-state index contributed by atoms with van der Waals surface area (Å²) < 4.78 is 57.1. The van der Waals surface area contributed by atoms with Crippen molar-refractivity contribution in [2.75, 3.05) is 13.1 Å². The van der Waals surface area contributed by atoms with Crippen molar-refractivity contribution in [3.05, 3.63) is 71.2 Å². The number of nitrogens with one attached hydrogen (secondary N) is 2. The first-order chi connectivity index (χ1) is 18.8. The number of rotatable bonds is 5. The Labute approximate surface area is 223 Å². The lowest BCUT2D eigenvalue weighted by Gasteiger charge is -2.16. The second-order valence-electron chi connectivity index (χ2n) is 9.85. The molecule has 5 aromatic rings. The molecular weight excluding hydrogens is 530 g/mol. The second kappa shape index (κ2) is 9.16. The van der Waals surface area contributed by atoms with Gasteiger partial charge in [0.25, 0.3) is 5.92 Å². The minimum Gasteiger partial charge on any atom is -0.336 e. The molecule has 1 saturated heterocycles. The summed E-state index contributed by atoms with van der Waals surface area (Å²) in [7, 11) is 0. The van der Waals surface area contributed by atoms with Crippen LogP contribution in [0.5, 0.6) is 0 Å². The Bertz CT molecular complexity index is 1760. The Hall–Kier alpha value is -3.77. The zero-order valence-electron chi connectivity index (χ0n) is 20.4. The number of imidazole rings is 1. The molecule has 4 aromatic heterocycles. The fraction of sp³-hybridized carbons (Fsp3) is 0.259. The third-order valence-electron chi connectivity index (χ3n) is 7.13. The Morgan fingerprint density at radius 3 is 2.82 bits per heavy atom. The van der Waals surface area contributed by atoms with Crippen molar-refractivity contribution in [2.45, 2.75) is 30.6 Å². The summed E-state index contributed by atoms with van der Waals surface area (Å²) >= 11 is 1.11. The lowest BCUT2D eigenvalue weighted by Crippen LogP contribution is -2.24.